The summed E-state index contributed by atoms with van der Waals surface area (Å²) in [5, 5.41) is 11.8. The summed E-state index contributed by atoms with van der Waals surface area (Å²) >= 11 is 0. The van der Waals surface area contributed by atoms with Crippen molar-refractivity contribution >= 4 is 11.0 Å². The number of aromatic hydroxyl groups is 1. The Balaban J connectivity index is 0.00000861. The Kier molecular flexibility index (Phi) is 7.35. The molecule has 0 saturated carbocycles. The van der Waals surface area contributed by atoms with E-state index in [4.69, 9.17) is 25.5 Å². The molecule has 61 heavy (non-hydrogen) atoms. The van der Waals surface area contributed by atoms with Gasteiger partial charge in [0, 0.05) is 51.0 Å². The number of pyridine rings is 1. The number of imidazole rings is 1. The Hall–Kier alpha value is -5.57. The van der Waals surface area contributed by atoms with Gasteiger partial charge in [-0.2, -0.15) is 0 Å². The molecular weight excluding hydrogens is 926 g/mol. The molecule has 312 valence electrons. The zero-order valence-corrected chi connectivity index (χ0v) is 37.5. The molecule has 8 rings (SSSR count). The molecule has 0 unspecified atom stereocenters. The Morgan fingerprint density at radius 1 is 0.656 bits per heavy atom. The minimum Gasteiger partial charge on any atom is -0.507 e. The first-order valence-corrected chi connectivity index (χ1v) is 19.7. The molecule has 2 heterocycles. The first-order chi connectivity index (χ1) is 35.0. The van der Waals surface area contributed by atoms with Gasteiger partial charge in [0.05, 0.1) is 26.2 Å². The van der Waals surface area contributed by atoms with Crippen molar-refractivity contribution in [3.8, 4) is 67.5 Å². The van der Waals surface area contributed by atoms with Crippen molar-refractivity contribution in [2.75, 3.05) is 0 Å². The predicted octanol–water partition coefficient (Wildman–Crippen LogP) is 14.8. The van der Waals surface area contributed by atoms with E-state index >= 15 is 0 Å². The predicted molar refractivity (Wildman–Crippen MR) is 252 cm³/mol. The molecule has 4 nitrogen and oxygen atoms in total. The van der Waals surface area contributed by atoms with Gasteiger partial charge in [0.1, 0.15) is 11.6 Å². The van der Waals surface area contributed by atoms with Gasteiger partial charge >= 0.3 is 0 Å². The zero-order valence-electron chi connectivity index (χ0n) is 51.3. The second-order valence-corrected chi connectivity index (χ2v) is 17.4. The normalized spacial score (nSPS) is 16.5. The van der Waals surface area contributed by atoms with Gasteiger partial charge < -0.3 is 5.11 Å². The van der Waals surface area contributed by atoms with Crippen LogP contribution in [0.3, 0.4) is 0 Å². The quantitative estimate of drug-likeness (QED) is 0.169. The number of hydrogen-bond donors (Lipinski definition) is 1. The Morgan fingerprint density at radius 2 is 1.38 bits per heavy atom. The summed E-state index contributed by atoms with van der Waals surface area (Å²) in [4.78, 5) is 9.70. The minimum absolute atomic E-state index is 0. The number of hydrogen-bond acceptors (Lipinski definition) is 3. The molecule has 0 fully saturated rings. The van der Waals surface area contributed by atoms with Crippen LogP contribution in [0.2, 0.25) is 0 Å². The molecule has 6 aromatic carbocycles. The van der Waals surface area contributed by atoms with Crippen molar-refractivity contribution in [2.24, 2.45) is 0 Å². The van der Waals surface area contributed by atoms with Gasteiger partial charge in [-0.3, -0.25) is 9.55 Å². The van der Waals surface area contributed by atoms with Gasteiger partial charge in [-0.25, -0.2) is 4.98 Å². The van der Waals surface area contributed by atoms with E-state index < -0.39 is 90.5 Å². The first kappa shape index (κ1) is 27.4. The van der Waals surface area contributed by atoms with Crippen molar-refractivity contribution in [1.82, 2.24) is 14.5 Å². The standard InChI is InChI=1S/C56H56N3O.Pt/c1-35-28-36(2)52(60)47(29-35)53-58-51-46(18-15-19-50(51)59(53)44-24-25-45(38-16-13-12-14-17-38)48(34-44)56(9,10)11)40-30-41(32-43(31-40)55(6,7)8)49-33-39(26-27-57-49)37-20-22-42(23-21-37)54(3,4)5;/h12-29,31-34,60H,1-11H3;/q-1;/i3D3,4D3,5D3,20D,21D,22D,23D,26D,27D,33D;. The Labute approximate surface area is 399 Å². The SMILES string of the molecule is [2H]c1nc(-c2[c-]c(-c3cccc4c3nc(-c3cc(C)cc(C)c3O)n4-c3ccc(-c4ccccc4)c(C(C)(C)C)c3)cc(C(C)(C)C)c2)c([2H])c(-c2c([2H])c([2H])c(C(C([2H])([2H])[2H])(C([2H])([2H])[2H])C([2H])([2H])[2H])c([2H])c2[2H])c1[2H].[Pt]. The molecule has 8 aromatic rings. The molecule has 0 spiro atoms. The monoisotopic (exact) mass is 998 g/mol. The van der Waals surface area contributed by atoms with Crippen LogP contribution in [0.4, 0.5) is 0 Å². The van der Waals surface area contributed by atoms with Gasteiger partial charge in [-0.15, -0.1) is 29.3 Å². The third-order valence-electron chi connectivity index (χ3n) is 10.6. The van der Waals surface area contributed by atoms with Crippen LogP contribution in [0.15, 0.2) is 133 Å². The molecule has 0 radical (unpaired) electrons. The number of fused-ring (bicyclic) bond motifs is 1. The Bertz CT molecular complexity index is 3580. The average Bonchev–Trinajstić information content (AvgIpc) is 3.77. The van der Waals surface area contributed by atoms with E-state index in [1.54, 1.807) is 6.07 Å². The van der Waals surface area contributed by atoms with Crippen LogP contribution in [0.1, 0.15) is 112 Å². The van der Waals surface area contributed by atoms with Crippen molar-refractivity contribution < 1.29 is 48.1 Å². The summed E-state index contributed by atoms with van der Waals surface area (Å²) in [5.74, 6) is 0.511. The second kappa shape index (κ2) is 16.4. The van der Waals surface area contributed by atoms with Crippen LogP contribution in [0, 0.1) is 19.9 Å². The average molecular weight is 998 g/mol. The fourth-order valence-electron chi connectivity index (χ4n) is 7.52. The van der Waals surface area contributed by atoms with Crippen LogP contribution in [0.25, 0.3) is 72.7 Å². The summed E-state index contributed by atoms with van der Waals surface area (Å²) in [6.45, 7) is 4.36. The third-order valence-corrected chi connectivity index (χ3v) is 10.6. The molecule has 0 bridgehead atoms. The van der Waals surface area contributed by atoms with Crippen LogP contribution in [-0.2, 0) is 37.3 Å². The van der Waals surface area contributed by atoms with Crippen LogP contribution in [-0.4, -0.2) is 19.6 Å². The first-order valence-electron chi connectivity index (χ1n) is 27.7. The number of nitrogens with zero attached hydrogens (tertiary/aromatic N) is 3. The van der Waals surface area contributed by atoms with Gasteiger partial charge in [0.2, 0.25) is 0 Å². The van der Waals surface area contributed by atoms with E-state index in [2.05, 4.69) is 56.1 Å². The van der Waals surface area contributed by atoms with Crippen molar-refractivity contribution in [3.05, 3.63) is 167 Å². The van der Waals surface area contributed by atoms with Crippen molar-refractivity contribution in [1.29, 1.82) is 0 Å². The second-order valence-electron chi connectivity index (χ2n) is 17.4. The molecule has 0 aliphatic carbocycles. The molecule has 1 N–H and O–H groups in total. The maximum atomic E-state index is 11.8. The summed E-state index contributed by atoms with van der Waals surface area (Å²) in [7, 11) is 0. The van der Waals surface area contributed by atoms with Gasteiger partial charge in [0.25, 0.3) is 0 Å². The number of phenols is 1. The molecule has 5 heteroatoms. The summed E-state index contributed by atoms with van der Waals surface area (Å²) in [6.07, 6.45) is -0.744. The third kappa shape index (κ3) is 8.66. The molecule has 2 aromatic heterocycles. The number of rotatable bonds is 6. The zero-order chi connectivity index (χ0) is 56.3. The number of para-hydroxylation sites is 1. The van der Waals surface area contributed by atoms with Crippen LogP contribution >= 0.6 is 0 Å². The van der Waals surface area contributed by atoms with E-state index in [1.165, 1.54) is 0 Å². The van der Waals surface area contributed by atoms with Gasteiger partial charge in [-0.1, -0.05) is 158 Å². The smallest absolute Gasteiger partial charge is 0.148 e. The number of aromatic nitrogens is 3. The maximum absolute atomic E-state index is 11.8. The van der Waals surface area contributed by atoms with Gasteiger partial charge in [-0.05, 0) is 105 Å². The number of phenolic OH excluding ortho intramolecular Hbond substituents is 1. The minimum atomic E-state index is -3.92. The number of aryl methyl sites for hydroxylation is 2. The number of benzene rings is 6. The topological polar surface area (TPSA) is 50.9 Å². The van der Waals surface area contributed by atoms with E-state index in [0.29, 0.717) is 44.7 Å². The van der Waals surface area contributed by atoms with Crippen LogP contribution < -0.4 is 0 Å². The molecule has 0 amide bonds. The maximum Gasteiger partial charge on any atom is 0.148 e. The summed E-state index contributed by atoms with van der Waals surface area (Å²) in [5.41, 5.74) is 1.28. The largest absolute Gasteiger partial charge is 0.507 e. The fraction of sp³-hybridized carbons (Fsp3) is 0.250. The van der Waals surface area contributed by atoms with Crippen LogP contribution in [0.5, 0.6) is 5.75 Å². The molecule has 0 saturated heterocycles. The Morgan fingerprint density at radius 3 is 2.07 bits per heavy atom. The van der Waals surface area contributed by atoms with E-state index in [0.717, 1.165) is 27.9 Å². The fourth-order valence-corrected chi connectivity index (χ4v) is 7.52. The summed E-state index contributed by atoms with van der Waals surface area (Å²) in [6, 6.07) is 26.5. The molecule has 0 aliphatic heterocycles. The van der Waals surface area contributed by atoms with Crippen molar-refractivity contribution in [3.63, 3.8) is 0 Å². The van der Waals surface area contributed by atoms with E-state index in [1.807, 2.05) is 99.8 Å². The molecule has 0 aliphatic rings. The van der Waals surface area contributed by atoms with E-state index in [-0.39, 0.29) is 43.5 Å². The van der Waals surface area contributed by atoms with E-state index in [9.17, 15) is 6.48 Å². The molecular formula is C56H56N3OPt-. The molecule has 0 atom stereocenters. The van der Waals surface area contributed by atoms with Crippen molar-refractivity contribution in [2.45, 2.75) is 92.2 Å². The van der Waals surface area contributed by atoms with Gasteiger partial charge in [0.15, 0.2) is 0 Å². The summed E-state index contributed by atoms with van der Waals surface area (Å²) < 4.78 is 140.